The van der Waals surface area contributed by atoms with Crippen molar-refractivity contribution < 1.29 is 23.2 Å². The zero-order valence-corrected chi connectivity index (χ0v) is 15.4. The standard InChI is InChI=1S/C18H21N3O5S/c22-18(19-23)15-3-5-16(6-4-15)20-27(24,25)17-7-1-14(2-8-17)13-21-9-11-26-12-10-21/h1-8,20,23H,9-13H2,(H,19,22). The Kier molecular flexibility index (Phi) is 6.07. The molecule has 9 heteroatoms. The average molecular weight is 391 g/mol. The van der Waals surface area contributed by atoms with Crippen LogP contribution in [0.3, 0.4) is 0 Å². The molecule has 1 aliphatic heterocycles. The lowest BCUT2D eigenvalue weighted by Crippen LogP contribution is -2.35. The second-order valence-electron chi connectivity index (χ2n) is 6.16. The van der Waals surface area contributed by atoms with E-state index in [1.807, 2.05) is 0 Å². The van der Waals surface area contributed by atoms with E-state index >= 15 is 0 Å². The summed E-state index contributed by atoms with van der Waals surface area (Å²) in [6.07, 6.45) is 0. The maximum Gasteiger partial charge on any atom is 0.274 e. The Morgan fingerprint density at radius 2 is 1.67 bits per heavy atom. The number of nitrogens with one attached hydrogen (secondary N) is 2. The van der Waals surface area contributed by atoms with Crippen LogP contribution in [-0.4, -0.2) is 50.7 Å². The molecule has 2 aromatic carbocycles. The van der Waals surface area contributed by atoms with Gasteiger partial charge in [-0.2, -0.15) is 0 Å². The monoisotopic (exact) mass is 391 g/mol. The van der Waals surface area contributed by atoms with Crippen LogP contribution in [0.2, 0.25) is 0 Å². The summed E-state index contributed by atoms with van der Waals surface area (Å²) >= 11 is 0. The molecule has 1 fully saturated rings. The molecule has 0 unspecified atom stereocenters. The van der Waals surface area contributed by atoms with Gasteiger partial charge >= 0.3 is 0 Å². The number of hydroxylamine groups is 1. The van der Waals surface area contributed by atoms with E-state index < -0.39 is 15.9 Å². The normalized spacial score (nSPS) is 15.3. The quantitative estimate of drug-likeness (QED) is 0.508. The van der Waals surface area contributed by atoms with E-state index in [-0.39, 0.29) is 10.5 Å². The predicted molar refractivity (Wildman–Crippen MR) is 99.0 cm³/mol. The summed E-state index contributed by atoms with van der Waals surface area (Å²) in [4.78, 5) is 13.7. The Bertz CT molecular complexity index is 876. The molecule has 1 amide bonds. The number of hydrogen-bond acceptors (Lipinski definition) is 6. The summed E-state index contributed by atoms with van der Waals surface area (Å²) in [5.74, 6) is -0.666. The lowest BCUT2D eigenvalue weighted by molar-refractivity contribution is 0.0342. The zero-order valence-electron chi connectivity index (χ0n) is 14.6. The maximum atomic E-state index is 12.5. The Labute approximate surface area is 157 Å². The van der Waals surface area contributed by atoms with Gasteiger partial charge in [-0.3, -0.25) is 19.6 Å². The molecule has 0 radical (unpaired) electrons. The molecule has 0 atom stereocenters. The van der Waals surface area contributed by atoms with E-state index in [1.165, 1.54) is 29.7 Å². The lowest BCUT2D eigenvalue weighted by atomic mass is 10.2. The highest BCUT2D eigenvalue weighted by atomic mass is 32.2. The molecule has 1 aliphatic rings. The number of anilines is 1. The van der Waals surface area contributed by atoms with Crippen LogP contribution in [0.5, 0.6) is 0 Å². The Morgan fingerprint density at radius 1 is 1.04 bits per heavy atom. The third-order valence-electron chi connectivity index (χ3n) is 4.24. The van der Waals surface area contributed by atoms with E-state index in [1.54, 1.807) is 24.3 Å². The zero-order chi connectivity index (χ0) is 19.3. The second kappa shape index (κ2) is 8.49. The van der Waals surface area contributed by atoms with Gasteiger partial charge < -0.3 is 4.74 Å². The molecule has 0 aromatic heterocycles. The van der Waals surface area contributed by atoms with Crippen molar-refractivity contribution in [2.75, 3.05) is 31.0 Å². The van der Waals surface area contributed by atoms with E-state index in [0.29, 0.717) is 5.69 Å². The maximum absolute atomic E-state index is 12.5. The number of amides is 1. The van der Waals surface area contributed by atoms with Gasteiger partial charge in [-0.25, -0.2) is 13.9 Å². The highest BCUT2D eigenvalue weighted by molar-refractivity contribution is 7.92. The van der Waals surface area contributed by atoms with E-state index in [0.717, 1.165) is 38.4 Å². The number of sulfonamides is 1. The first kappa shape index (κ1) is 19.3. The van der Waals surface area contributed by atoms with Crippen LogP contribution in [0.25, 0.3) is 0 Å². The van der Waals surface area contributed by atoms with Gasteiger partial charge in [-0.15, -0.1) is 0 Å². The molecule has 0 bridgehead atoms. The van der Waals surface area contributed by atoms with Crippen LogP contribution in [0.4, 0.5) is 5.69 Å². The first-order valence-corrected chi connectivity index (χ1v) is 9.92. The summed E-state index contributed by atoms with van der Waals surface area (Å²) in [5.41, 5.74) is 3.10. The van der Waals surface area contributed by atoms with E-state index in [9.17, 15) is 13.2 Å². The van der Waals surface area contributed by atoms with Crippen molar-refractivity contribution in [1.29, 1.82) is 0 Å². The van der Waals surface area contributed by atoms with Crippen molar-refractivity contribution in [2.24, 2.45) is 0 Å². The summed E-state index contributed by atoms with van der Waals surface area (Å²) < 4.78 is 32.8. The molecule has 2 aromatic rings. The van der Waals surface area contributed by atoms with Crippen molar-refractivity contribution in [3.8, 4) is 0 Å². The van der Waals surface area contributed by atoms with Gasteiger partial charge in [0.2, 0.25) is 0 Å². The average Bonchev–Trinajstić information content (AvgIpc) is 2.69. The number of nitrogens with zero attached hydrogens (tertiary/aromatic N) is 1. The smallest absolute Gasteiger partial charge is 0.274 e. The minimum atomic E-state index is -3.74. The Balaban J connectivity index is 1.66. The van der Waals surface area contributed by atoms with Crippen molar-refractivity contribution in [3.63, 3.8) is 0 Å². The first-order valence-electron chi connectivity index (χ1n) is 8.44. The number of benzene rings is 2. The molecule has 1 heterocycles. The third-order valence-corrected chi connectivity index (χ3v) is 5.64. The largest absolute Gasteiger partial charge is 0.379 e. The van der Waals surface area contributed by atoms with Crippen LogP contribution in [0.15, 0.2) is 53.4 Å². The minimum Gasteiger partial charge on any atom is -0.379 e. The highest BCUT2D eigenvalue weighted by Crippen LogP contribution is 2.18. The summed E-state index contributed by atoms with van der Waals surface area (Å²) in [7, 11) is -3.74. The molecule has 3 N–H and O–H groups in total. The van der Waals surface area contributed by atoms with Crippen LogP contribution < -0.4 is 10.2 Å². The number of morpholine rings is 1. The molecule has 0 spiro atoms. The summed E-state index contributed by atoms with van der Waals surface area (Å²) in [5, 5.41) is 8.60. The second-order valence-corrected chi connectivity index (χ2v) is 7.84. The fourth-order valence-corrected chi connectivity index (χ4v) is 3.82. The topological polar surface area (TPSA) is 108 Å². The van der Waals surface area contributed by atoms with E-state index in [2.05, 4.69) is 9.62 Å². The van der Waals surface area contributed by atoms with Crippen LogP contribution in [0, 0.1) is 0 Å². The fraction of sp³-hybridized carbons (Fsp3) is 0.278. The molecular weight excluding hydrogens is 370 g/mol. The van der Waals surface area contributed by atoms with Crippen LogP contribution in [-0.2, 0) is 21.3 Å². The molecule has 0 saturated carbocycles. The van der Waals surface area contributed by atoms with Gasteiger partial charge in [0.15, 0.2) is 0 Å². The molecule has 3 rings (SSSR count). The molecular formula is C18H21N3O5S. The number of rotatable bonds is 6. The molecule has 8 nitrogen and oxygen atoms in total. The van der Waals surface area contributed by atoms with Crippen molar-refractivity contribution >= 4 is 21.6 Å². The fourth-order valence-electron chi connectivity index (χ4n) is 2.76. The van der Waals surface area contributed by atoms with Crippen molar-refractivity contribution in [2.45, 2.75) is 11.4 Å². The van der Waals surface area contributed by atoms with Gasteiger partial charge in [0.25, 0.3) is 15.9 Å². The van der Waals surface area contributed by atoms with Crippen LogP contribution >= 0.6 is 0 Å². The summed E-state index contributed by atoms with van der Waals surface area (Å²) in [6.45, 7) is 3.92. The predicted octanol–water partition coefficient (Wildman–Crippen LogP) is 1.44. The molecule has 0 aliphatic carbocycles. The number of carbonyl (C=O) groups is 1. The third kappa shape index (κ3) is 5.04. The van der Waals surface area contributed by atoms with Crippen LogP contribution in [0.1, 0.15) is 15.9 Å². The Hall–Kier alpha value is -2.46. The lowest BCUT2D eigenvalue weighted by Gasteiger charge is -2.26. The Morgan fingerprint density at radius 3 is 2.26 bits per heavy atom. The molecule has 27 heavy (non-hydrogen) atoms. The van der Waals surface area contributed by atoms with Gasteiger partial charge in [-0.05, 0) is 42.0 Å². The number of ether oxygens (including phenoxy) is 1. The summed E-state index contributed by atoms with van der Waals surface area (Å²) in [6, 6.07) is 12.5. The van der Waals surface area contributed by atoms with Gasteiger partial charge in [-0.1, -0.05) is 12.1 Å². The first-order chi connectivity index (χ1) is 13.0. The van der Waals surface area contributed by atoms with Crippen molar-refractivity contribution in [3.05, 3.63) is 59.7 Å². The van der Waals surface area contributed by atoms with E-state index in [4.69, 9.17) is 9.94 Å². The highest BCUT2D eigenvalue weighted by Gasteiger charge is 2.16. The molecule has 1 saturated heterocycles. The van der Waals surface area contributed by atoms with Gasteiger partial charge in [0.05, 0.1) is 18.1 Å². The van der Waals surface area contributed by atoms with Crippen molar-refractivity contribution in [1.82, 2.24) is 10.4 Å². The number of carbonyl (C=O) groups excluding carboxylic acids is 1. The SMILES string of the molecule is O=C(NO)c1ccc(NS(=O)(=O)c2ccc(CN3CCOCC3)cc2)cc1. The van der Waals surface area contributed by atoms with Gasteiger partial charge in [0, 0.05) is 30.9 Å². The number of hydrogen-bond donors (Lipinski definition) is 3. The minimum absolute atomic E-state index is 0.158. The molecule has 144 valence electrons. The van der Waals surface area contributed by atoms with Gasteiger partial charge in [0.1, 0.15) is 0 Å².